The van der Waals surface area contributed by atoms with Crippen molar-refractivity contribution in [2.45, 2.75) is 95.4 Å². The number of carbonyl (C=O) groups is 1. The molecule has 1 aromatic heterocycles. The third kappa shape index (κ3) is 4.53. The molecule has 36 heavy (non-hydrogen) atoms. The first-order chi connectivity index (χ1) is 17.3. The predicted octanol–water partition coefficient (Wildman–Crippen LogP) is 2.76. The lowest BCUT2D eigenvalue weighted by atomic mass is 9.95. The van der Waals surface area contributed by atoms with Gasteiger partial charge in [0.25, 0.3) is 0 Å². The molecule has 9 heteroatoms. The Bertz CT molecular complexity index is 970. The van der Waals surface area contributed by atoms with Crippen LogP contribution >= 0.6 is 0 Å². The van der Waals surface area contributed by atoms with Gasteiger partial charge in [0.2, 0.25) is 0 Å². The van der Waals surface area contributed by atoms with Crippen molar-refractivity contribution < 1.29 is 14.3 Å². The van der Waals surface area contributed by atoms with Gasteiger partial charge in [0.15, 0.2) is 0 Å². The van der Waals surface area contributed by atoms with Gasteiger partial charge in [-0.3, -0.25) is 9.80 Å². The van der Waals surface area contributed by atoms with Gasteiger partial charge in [-0.2, -0.15) is 9.97 Å². The van der Waals surface area contributed by atoms with Gasteiger partial charge < -0.3 is 19.7 Å². The number of aromatic nitrogens is 2. The fourth-order valence-electron chi connectivity index (χ4n) is 7.18. The van der Waals surface area contributed by atoms with Gasteiger partial charge in [-0.05, 0) is 85.4 Å². The summed E-state index contributed by atoms with van der Waals surface area (Å²) in [6.07, 6.45) is 8.60. The van der Waals surface area contributed by atoms with Gasteiger partial charge in [0.05, 0.1) is 23.3 Å². The predicted molar refractivity (Wildman–Crippen MR) is 138 cm³/mol. The van der Waals surface area contributed by atoms with E-state index in [1.54, 1.807) is 0 Å². The highest BCUT2D eigenvalue weighted by Crippen LogP contribution is 2.40. The Balaban J connectivity index is 1.24. The lowest BCUT2D eigenvalue weighted by Crippen LogP contribution is -2.57. The van der Waals surface area contributed by atoms with E-state index in [4.69, 9.17) is 19.4 Å². The second-order valence-electron chi connectivity index (χ2n) is 12.4. The molecule has 0 aliphatic carbocycles. The molecule has 9 nitrogen and oxygen atoms in total. The van der Waals surface area contributed by atoms with Gasteiger partial charge in [0.1, 0.15) is 18.0 Å². The summed E-state index contributed by atoms with van der Waals surface area (Å²) >= 11 is 0. The first kappa shape index (κ1) is 24.2. The summed E-state index contributed by atoms with van der Waals surface area (Å²) in [6.45, 7) is 12.3. The van der Waals surface area contributed by atoms with Crippen LogP contribution in [0.25, 0.3) is 0 Å². The zero-order valence-corrected chi connectivity index (χ0v) is 22.2. The first-order valence-corrected chi connectivity index (χ1v) is 14.1. The van der Waals surface area contributed by atoms with Crippen molar-refractivity contribution in [1.82, 2.24) is 25.1 Å². The van der Waals surface area contributed by atoms with Crippen molar-refractivity contribution in [3.63, 3.8) is 0 Å². The molecule has 2 unspecified atom stereocenters. The molecule has 4 fully saturated rings. The van der Waals surface area contributed by atoms with Gasteiger partial charge >= 0.3 is 12.1 Å². The highest BCUT2D eigenvalue weighted by Gasteiger charge is 2.46. The van der Waals surface area contributed by atoms with Crippen LogP contribution in [0.2, 0.25) is 0 Å². The minimum Gasteiger partial charge on any atom is -0.461 e. The molecule has 1 aromatic rings. The smallest absolute Gasteiger partial charge is 0.410 e. The molecule has 4 saturated heterocycles. The number of nitrogens with one attached hydrogen (secondary N) is 1. The number of amides is 1. The number of hydrogen-bond acceptors (Lipinski definition) is 8. The number of fused-ring (bicyclic) bond motifs is 4. The van der Waals surface area contributed by atoms with E-state index in [0.717, 1.165) is 63.4 Å². The molecule has 2 bridgehead atoms. The maximum atomic E-state index is 13.0. The minimum atomic E-state index is -0.482. The van der Waals surface area contributed by atoms with Gasteiger partial charge in [-0.15, -0.1) is 0 Å². The number of carbonyl (C=O) groups excluding carboxylic acids is 1. The second kappa shape index (κ2) is 9.31. The molecule has 1 N–H and O–H groups in total. The molecule has 0 saturated carbocycles. The number of anilines is 1. The van der Waals surface area contributed by atoms with E-state index in [2.05, 4.69) is 15.1 Å². The van der Waals surface area contributed by atoms with Gasteiger partial charge in [-0.25, -0.2) is 4.79 Å². The van der Waals surface area contributed by atoms with Gasteiger partial charge in [-0.1, -0.05) is 0 Å². The summed E-state index contributed by atoms with van der Waals surface area (Å²) in [5.74, 6) is 1.02. The van der Waals surface area contributed by atoms with Crippen molar-refractivity contribution in [3.8, 4) is 6.01 Å². The number of piperazine rings is 1. The Morgan fingerprint density at radius 3 is 2.44 bits per heavy atom. The maximum absolute atomic E-state index is 13.0. The Hall–Kier alpha value is -2.13. The van der Waals surface area contributed by atoms with Gasteiger partial charge in [0, 0.05) is 31.6 Å². The normalized spacial score (nSPS) is 27.5. The standard InChI is InChI=1S/C27H42N6O3/c1-26(2,3)36-25(34)33-19-6-7-20(33)17-31(16-19)23-21-8-12-28-13-9-22(21)29-24(30-23)35-18-27-10-4-14-32(27)15-5-11-27/h19-20,28H,4-18H2,1-3H3. The molecule has 5 aliphatic heterocycles. The Morgan fingerprint density at radius 2 is 1.75 bits per heavy atom. The summed E-state index contributed by atoms with van der Waals surface area (Å²) in [6, 6.07) is 0.838. The molecule has 6 heterocycles. The number of rotatable bonds is 4. The quantitative estimate of drug-likeness (QED) is 0.679. The molecule has 1 amide bonds. The van der Waals surface area contributed by atoms with E-state index in [1.165, 1.54) is 44.3 Å². The molecular weight excluding hydrogens is 456 g/mol. The second-order valence-corrected chi connectivity index (χ2v) is 12.4. The zero-order valence-electron chi connectivity index (χ0n) is 22.2. The third-order valence-electron chi connectivity index (χ3n) is 8.81. The highest BCUT2D eigenvalue weighted by atomic mass is 16.6. The SMILES string of the molecule is CC(C)(C)OC(=O)N1C2CCC1CN(c1nc(OCC34CCCN3CCC4)nc3c1CCNCC3)C2. The lowest BCUT2D eigenvalue weighted by Gasteiger charge is -2.42. The molecule has 198 valence electrons. The van der Waals surface area contributed by atoms with Crippen LogP contribution in [0.4, 0.5) is 10.6 Å². The molecule has 0 aromatic carbocycles. The molecule has 0 radical (unpaired) electrons. The molecule has 0 spiro atoms. The summed E-state index contributed by atoms with van der Waals surface area (Å²) in [4.78, 5) is 30.0. The van der Waals surface area contributed by atoms with Crippen molar-refractivity contribution in [2.24, 2.45) is 0 Å². The van der Waals surface area contributed by atoms with E-state index in [1.807, 2.05) is 25.7 Å². The fourth-order valence-corrected chi connectivity index (χ4v) is 7.18. The minimum absolute atomic E-state index is 0.155. The molecule has 5 aliphatic rings. The fraction of sp³-hybridized carbons (Fsp3) is 0.815. The van der Waals surface area contributed by atoms with Crippen LogP contribution in [0.15, 0.2) is 0 Å². The van der Waals surface area contributed by atoms with E-state index >= 15 is 0 Å². The summed E-state index contributed by atoms with van der Waals surface area (Å²) < 4.78 is 12.2. The van der Waals surface area contributed by atoms with Crippen LogP contribution in [0.3, 0.4) is 0 Å². The molecule has 2 atom stereocenters. The Morgan fingerprint density at radius 1 is 1.06 bits per heavy atom. The summed E-state index contributed by atoms with van der Waals surface area (Å²) in [7, 11) is 0. The van der Waals surface area contributed by atoms with Crippen molar-refractivity contribution in [2.75, 3.05) is 50.8 Å². The van der Waals surface area contributed by atoms with E-state index in [9.17, 15) is 4.79 Å². The third-order valence-corrected chi connectivity index (χ3v) is 8.81. The van der Waals surface area contributed by atoms with Crippen LogP contribution in [-0.2, 0) is 17.6 Å². The van der Waals surface area contributed by atoms with E-state index < -0.39 is 5.60 Å². The van der Waals surface area contributed by atoms with Crippen LogP contribution in [0, 0.1) is 0 Å². The van der Waals surface area contributed by atoms with Crippen molar-refractivity contribution in [3.05, 3.63) is 11.3 Å². The van der Waals surface area contributed by atoms with Crippen molar-refractivity contribution in [1.29, 1.82) is 0 Å². The summed E-state index contributed by atoms with van der Waals surface area (Å²) in [5.41, 5.74) is 2.06. The summed E-state index contributed by atoms with van der Waals surface area (Å²) in [5, 5.41) is 3.52. The van der Waals surface area contributed by atoms with Crippen LogP contribution < -0.4 is 15.0 Å². The number of ether oxygens (including phenoxy) is 2. The molecular formula is C27H42N6O3. The Labute approximate surface area is 214 Å². The monoisotopic (exact) mass is 498 g/mol. The average molecular weight is 499 g/mol. The number of nitrogens with zero attached hydrogens (tertiary/aromatic N) is 5. The van der Waals surface area contributed by atoms with E-state index in [-0.39, 0.29) is 23.7 Å². The average Bonchev–Trinajstić information content (AvgIpc) is 3.40. The topological polar surface area (TPSA) is 83.1 Å². The largest absolute Gasteiger partial charge is 0.461 e. The van der Waals surface area contributed by atoms with Crippen molar-refractivity contribution >= 4 is 11.9 Å². The lowest BCUT2D eigenvalue weighted by molar-refractivity contribution is 0.0122. The number of hydrogen-bond donors (Lipinski definition) is 1. The van der Waals surface area contributed by atoms with Crippen LogP contribution in [0.1, 0.15) is 70.6 Å². The maximum Gasteiger partial charge on any atom is 0.410 e. The highest BCUT2D eigenvalue weighted by molar-refractivity contribution is 5.70. The first-order valence-electron chi connectivity index (χ1n) is 14.1. The molecule has 6 rings (SSSR count). The Kier molecular flexibility index (Phi) is 6.27. The van der Waals surface area contributed by atoms with E-state index in [0.29, 0.717) is 12.6 Å². The zero-order chi connectivity index (χ0) is 24.9. The van der Waals surface area contributed by atoms with Crippen LogP contribution in [-0.4, -0.2) is 95.0 Å². The van der Waals surface area contributed by atoms with Crippen LogP contribution in [0.5, 0.6) is 6.01 Å².